The predicted octanol–water partition coefficient (Wildman–Crippen LogP) is 5.02. The molecule has 3 rings (SSSR count). The van der Waals surface area contributed by atoms with E-state index < -0.39 is 0 Å². The number of nitrogens with one attached hydrogen (secondary N) is 1. The molecule has 4 nitrogen and oxygen atoms in total. The first-order valence-electron chi connectivity index (χ1n) is 7.80. The maximum atomic E-state index is 12.5. The van der Waals surface area contributed by atoms with Crippen LogP contribution in [0.3, 0.4) is 0 Å². The zero-order valence-electron chi connectivity index (χ0n) is 13.9. The van der Waals surface area contributed by atoms with Crippen LogP contribution in [0, 0.1) is 10.9 Å². The molecule has 3 aromatic rings. The van der Waals surface area contributed by atoms with E-state index in [9.17, 15) is 9.59 Å². The van der Waals surface area contributed by atoms with Crippen molar-refractivity contribution in [1.29, 1.82) is 0 Å². The first kappa shape index (κ1) is 18.7. The van der Waals surface area contributed by atoms with Gasteiger partial charge in [-0.1, -0.05) is 40.2 Å². The summed E-state index contributed by atoms with van der Waals surface area (Å²) in [5.41, 5.74) is 2.36. The number of benzene rings is 2. The topological polar surface area (TPSA) is 51.1 Å². The third kappa shape index (κ3) is 4.55. The van der Waals surface area contributed by atoms with Crippen LogP contribution >= 0.6 is 39.5 Å². The second-order valence-corrected chi connectivity index (χ2v) is 8.32. The van der Waals surface area contributed by atoms with E-state index in [0.717, 1.165) is 20.5 Å². The molecule has 132 valence electrons. The van der Waals surface area contributed by atoms with Crippen molar-refractivity contribution in [3.63, 3.8) is 0 Å². The van der Waals surface area contributed by atoms with E-state index in [0.29, 0.717) is 9.64 Å². The summed E-state index contributed by atoms with van der Waals surface area (Å²) in [6.45, 7) is 1.84. The summed E-state index contributed by atoms with van der Waals surface area (Å²) < 4.78 is 2.61. The first-order chi connectivity index (χ1) is 12.4. The molecule has 1 N–H and O–H groups in total. The molecule has 0 spiro atoms. The van der Waals surface area contributed by atoms with Crippen LogP contribution in [0.15, 0.2) is 63.9 Å². The molecule has 1 aromatic heterocycles. The summed E-state index contributed by atoms with van der Waals surface area (Å²) >= 11 is 10.1. The van der Waals surface area contributed by atoms with E-state index in [4.69, 9.17) is 12.2 Å². The van der Waals surface area contributed by atoms with E-state index in [1.54, 1.807) is 6.07 Å². The molecule has 7 heteroatoms. The van der Waals surface area contributed by atoms with Gasteiger partial charge in [-0.15, -0.1) is 11.3 Å². The van der Waals surface area contributed by atoms with E-state index in [1.165, 1.54) is 22.0 Å². The van der Waals surface area contributed by atoms with Gasteiger partial charge in [0.2, 0.25) is 5.91 Å². The largest absolute Gasteiger partial charge is 0.325 e. The molecule has 1 amide bonds. The number of carbonyl (C=O) groups is 1. The highest BCUT2D eigenvalue weighted by Gasteiger charge is 2.10. The maximum absolute atomic E-state index is 12.5. The van der Waals surface area contributed by atoms with Gasteiger partial charge in [-0.05, 0) is 54.5 Å². The minimum absolute atomic E-state index is 0.110. The number of carbonyl (C=O) groups excluding carboxylic acids is 1. The molecule has 0 unspecified atom stereocenters. The standard InChI is InChI=1S/C19H15BrN2O2S2/c1-12-4-2-7-15(8-12)21-17(23)11-22-18(24)10-16(26-19(22)25)13-5-3-6-14(20)9-13/h2-10H,11H2,1H3,(H,21,23). The fraction of sp³-hybridized carbons (Fsp3) is 0.105. The van der Waals surface area contributed by atoms with Crippen LogP contribution in [0.2, 0.25) is 0 Å². The van der Waals surface area contributed by atoms with Crippen molar-refractivity contribution in [2.45, 2.75) is 13.5 Å². The van der Waals surface area contributed by atoms with Crippen LogP contribution in [0.1, 0.15) is 5.56 Å². The lowest BCUT2D eigenvalue weighted by atomic mass is 10.2. The Balaban J connectivity index is 1.84. The lowest BCUT2D eigenvalue weighted by molar-refractivity contribution is -0.116. The molecule has 2 aromatic carbocycles. The molecule has 0 aliphatic rings. The van der Waals surface area contributed by atoms with Crippen LogP contribution in [0.25, 0.3) is 10.4 Å². The third-order valence-electron chi connectivity index (χ3n) is 3.65. The molecule has 26 heavy (non-hydrogen) atoms. The second kappa shape index (κ2) is 8.07. The molecule has 0 radical (unpaired) electrons. The Labute approximate surface area is 168 Å². The van der Waals surface area contributed by atoms with Crippen molar-refractivity contribution >= 4 is 51.1 Å². The van der Waals surface area contributed by atoms with Gasteiger partial charge in [0, 0.05) is 21.1 Å². The SMILES string of the molecule is Cc1cccc(NC(=O)Cn2c(=O)cc(-c3cccc(Br)c3)sc2=S)c1. The Hall–Kier alpha value is -2.09. The third-order valence-corrected chi connectivity index (χ3v) is 5.58. The van der Waals surface area contributed by atoms with Crippen LogP contribution in [-0.2, 0) is 11.3 Å². The van der Waals surface area contributed by atoms with Gasteiger partial charge in [-0.3, -0.25) is 14.2 Å². The molecule has 0 atom stereocenters. The summed E-state index contributed by atoms with van der Waals surface area (Å²) in [5, 5.41) is 2.79. The Morgan fingerprint density at radius 1 is 1.19 bits per heavy atom. The number of nitrogens with zero attached hydrogens (tertiary/aromatic N) is 1. The van der Waals surface area contributed by atoms with E-state index >= 15 is 0 Å². The van der Waals surface area contributed by atoms with E-state index in [2.05, 4.69) is 21.2 Å². The molecule has 0 bridgehead atoms. The number of hydrogen-bond acceptors (Lipinski definition) is 4. The minimum atomic E-state index is -0.289. The quantitative estimate of drug-likeness (QED) is 0.572. The van der Waals surface area contributed by atoms with Gasteiger partial charge in [0.1, 0.15) is 6.54 Å². The van der Waals surface area contributed by atoms with Gasteiger partial charge < -0.3 is 5.32 Å². The van der Waals surface area contributed by atoms with Gasteiger partial charge in [-0.2, -0.15) is 0 Å². The van der Waals surface area contributed by atoms with Crippen molar-refractivity contribution in [3.05, 3.63) is 78.9 Å². The summed E-state index contributed by atoms with van der Waals surface area (Å²) in [6.07, 6.45) is 0. The Morgan fingerprint density at radius 2 is 1.96 bits per heavy atom. The minimum Gasteiger partial charge on any atom is -0.325 e. The number of hydrogen-bond donors (Lipinski definition) is 1. The van der Waals surface area contributed by atoms with Gasteiger partial charge >= 0.3 is 0 Å². The van der Waals surface area contributed by atoms with E-state index in [1.807, 2.05) is 49.4 Å². The summed E-state index contributed by atoms with van der Waals surface area (Å²) in [6, 6.07) is 16.7. The van der Waals surface area contributed by atoms with Crippen LogP contribution in [0.5, 0.6) is 0 Å². The van der Waals surface area contributed by atoms with Crippen molar-refractivity contribution < 1.29 is 4.79 Å². The van der Waals surface area contributed by atoms with Crippen molar-refractivity contribution in [2.75, 3.05) is 5.32 Å². The van der Waals surface area contributed by atoms with Crippen molar-refractivity contribution in [1.82, 2.24) is 4.57 Å². The van der Waals surface area contributed by atoms with Gasteiger partial charge in [0.25, 0.3) is 5.56 Å². The monoisotopic (exact) mass is 446 g/mol. The highest BCUT2D eigenvalue weighted by molar-refractivity contribution is 9.10. The number of aryl methyl sites for hydroxylation is 1. The summed E-state index contributed by atoms with van der Waals surface area (Å²) in [4.78, 5) is 25.5. The van der Waals surface area contributed by atoms with Crippen molar-refractivity contribution in [2.24, 2.45) is 0 Å². The number of anilines is 1. The van der Waals surface area contributed by atoms with Crippen LogP contribution in [0.4, 0.5) is 5.69 Å². The molecular formula is C19H15BrN2O2S2. The van der Waals surface area contributed by atoms with Gasteiger partial charge in [0.05, 0.1) is 0 Å². The smallest absolute Gasteiger partial charge is 0.254 e. The summed E-state index contributed by atoms with van der Waals surface area (Å²) in [5.74, 6) is -0.286. The number of amides is 1. The van der Waals surface area contributed by atoms with Crippen LogP contribution in [-0.4, -0.2) is 10.5 Å². The molecule has 0 aliphatic heterocycles. The number of halogens is 1. The average Bonchev–Trinajstić information content (AvgIpc) is 2.58. The number of rotatable bonds is 4. The second-order valence-electron chi connectivity index (χ2n) is 5.73. The average molecular weight is 447 g/mol. The molecule has 0 saturated heterocycles. The lowest BCUT2D eigenvalue weighted by Gasteiger charge is -2.09. The molecule has 1 heterocycles. The zero-order chi connectivity index (χ0) is 18.7. The fourth-order valence-electron chi connectivity index (χ4n) is 2.45. The summed E-state index contributed by atoms with van der Waals surface area (Å²) in [7, 11) is 0. The molecule has 0 saturated carbocycles. The van der Waals surface area contributed by atoms with Crippen LogP contribution < -0.4 is 10.9 Å². The first-order valence-corrected chi connectivity index (χ1v) is 9.81. The number of aromatic nitrogens is 1. The fourth-order valence-corrected chi connectivity index (χ4v) is 4.13. The Bertz CT molecular complexity index is 1060. The Morgan fingerprint density at radius 3 is 2.65 bits per heavy atom. The highest BCUT2D eigenvalue weighted by atomic mass is 79.9. The van der Waals surface area contributed by atoms with Gasteiger partial charge in [0.15, 0.2) is 3.95 Å². The predicted molar refractivity (Wildman–Crippen MR) is 112 cm³/mol. The molecular weight excluding hydrogens is 432 g/mol. The maximum Gasteiger partial charge on any atom is 0.254 e. The van der Waals surface area contributed by atoms with Crippen molar-refractivity contribution in [3.8, 4) is 10.4 Å². The molecule has 0 aliphatic carbocycles. The zero-order valence-corrected chi connectivity index (χ0v) is 17.1. The normalized spacial score (nSPS) is 10.5. The van der Waals surface area contributed by atoms with E-state index in [-0.39, 0.29) is 18.0 Å². The lowest BCUT2D eigenvalue weighted by Crippen LogP contribution is -2.27. The van der Waals surface area contributed by atoms with Gasteiger partial charge in [-0.25, -0.2) is 0 Å². The molecule has 0 fully saturated rings. The Kier molecular flexibility index (Phi) is 5.80. The highest BCUT2D eigenvalue weighted by Crippen LogP contribution is 2.25.